The Balaban J connectivity index is 1.47. The van der Waals surface area contributed by atoms with Gasteiger partial charge in [0.2, 0.25) is 0 Å². The zero-order valence-electron chi connectivity index (χ0n) is 15.4. The van der Waals surface area contributed by atoms with Crippen LogP contribution in [0.15, 0.2) is 53.5 Å². The van der Waals surface area contributed by atoms with Crippen LogP contribution in [-0.4, -0.2) is 25.7 Å². The second-order valence-electron chi connectivity index (χ2n) is 6.71. The number of rotatable bonds is 6. The molecular weight excluding hydrogens is 326 g/mol. The van der Waals surface area contributed by atoms with Gasteiger partial charge < -0.3 is 20.5 Å². The van der Waals surface area contributed by atoms with E-state index in [2.05, 4.69) is 42.4 Å². The van der Waals surface area contributed by atoms with Crippen molar-refractivity contribution >= 4 is 5.96 Å². The van der Waals surface area contributed by atoms with E-state index in [-0.39, 0.29) is 6.04 Å². The molecule has 5 heteroatoms. The molecule has 0 amide bonds. The van der Waals surface area contributed by atoms with Gasteiger partial charge in [0.25, 0.3) is 0 Å². The Morgan fingerprint density at radius 1 is 1.23 bits per heavy atom. The molecule has 26 heavy (non-hydrogen) atoms. The van der Waals surface area contributed by atoms with E-state index in [0.717, 1.165) is 23.5 Å². The molecule has 0 aliphatic carbocycles. The van der Waals surface area contributed by atoms with E-state index in [4.69, 9.17) is 15.2 Å². The fourth-order valence-electron chi connectivity index (χ4n) is 2.99. The molecule has 0 radical (unpaired) electrons. The molecule has 0 bridgehead atoms. The largest absolute Gasteiger partial charge is 0.493 e. The van der Waals surface area contributed by atoms with Crippen molar-refractivity contribution in [1.82, 2.24) is 5.32 Å². The number of nitrogens with zero attached hydrogens (tertiary/aromatic N) is 1. The molecule has 0 aromatic heterocycles. The number of guanidine groups is 1. The van der Waals surface area contributed by atoms with Gasteiger partial charge in [-0.15, -0.1) is 0 Å². The van der Waals surface area contributed by atoms with Crippen molar-refractivity contribution in [3.05, 3.63) is 59.7 Å². The normalized spacial score (nSPS) is 16.7. The summed E-state index contributed by atoms with van der Waals surface area (Å²) in [7, 11) is 0. The number of nitrogens with two attached hydrogens (primary N) is 1. The highest BCUT2D eigenvalue weighted by molar-refractivity contribution is 5.78. The number of para-hydroxylation sites is 1. The fraction of sp³-hybridized carbons (Fsp3) is 0.381. The van der Waals surface area contributed by atoms with E-state index in [1.807, 2.05) is 30.3 Å². The highest BCUT2D eigenvalue weighted by Crippen LogP contribution is 2.31. The van der Waals surface area contributed by atoms with Crippen LogP contribution in [0.3, 0.4) is 0 Å². The van der Waals surface area contributed by atoms with Gasteiger partial charge in [-0.1, -0.05) is 44.2 Å². The molecule has 1 aliphatic heterocycles. The Morgan fingerprint density at radius 3 is 2.77 bits per heavy atom. The molecule has 3 rings (SSSR count). The quantitative estimate of drug-likeness (QED) is 0.473. The standard InChI is InChI=1S/C21H27N3O2/c1-15(2)16-7-9-17(10-8-16)25-14-12-23-21(22)24-19-11-13-26-20-6-4-3-5-18(19)20/h3-10,15,19H,11-14H2,1-2H3,(H3,22,23,24). The lowest BCUT2D eigenvalue weighted by Crippen LogP contribution is -2.37. The maximum absolute atomic E-state index is 6.04. The van der Waals surface area contributed by atoms with E-state index in [1.165, 1.54) is 5.56 Å². The number of hydrogen-bond acceptors (Lipinski definition) is 3. The highest BCUT2D eigenvalue weighted by atomic mass is 16.5. The number of ether oxygens (including phenoxy) is 2. The first-order chi connectivity index (χ1) is 12.6. The molecule has 2 aromatic carbocycles. The molecule has 1 atom stereocenters. The van der Waals surface area contributed by atoms with Crippen molar-refractivity contribution in [2.75, 3.05) is 19.8 Å². The van der Waals surface area contributed by atoms with Gasteiger partial charge in [0, 0.05) is 12.0 Å². The first-order valence-electron chi connectivity index (χ1n) is 9.14. The summed E-state index contributed by atoms with van der Waals surface area (Å²) in [5, 5.41) is 3.29. The van der Waals surface area contributed by atoms with Crippen LogP contribution < -0.4 is 20.5 Å². The summed E-state index contributed by atoms with van der Waals surface area (Å²) in [6, 6.07) is 16.4. The fourth-order valence-corrected chi connectivity index (χ4v) is 2.99. The van der Waals surface area contributed by atoms with E-state index in [1.54, 1.807) is 0 Å². The average Bonchev–Trinajstić information content (AvgIpc) is 2.66. The molecule has 138 valence electrons. The number of hydrogen-bond donors (Lipinski definition) is 2. The third-order valence-corrected chi connectivity index (χ3v) is 4.47. The highest BCUT2D eigenvalue weighted by Gasteiger charge is 2.21. The summed E-state index contributed by atoms with van der Waals surface area (Å²) in [4.78, 5) is 4.37. The SMILES string of the molecule is CC(C)c1ccc(OCCN=C(N)NC2CCOc3ccccc32)cc1. The van der Waals surface area contributed by atoms with Gasteiger partial charge in [-0.2, -0.15) is 0 Å². The minimum atomic E-state index is 0.133. The van der Waals surface area contributed by atoms with Crippen LogP contribution in [0.2, 0.25) is 0 Å². The molecule has 1 unspecified atom stereocenters. The van der Waals surface area contributed by atoms with Crippen molar-refractivity contribution in [3.63, 3.8) is 0 Å². The first-order valence-corrected chi connectivity index (χ1v) is 9.14. The predicted molar refractivity (Wildman–Crippen MR) is 105 cm³/mol. The van der Waals surface area contributed by atoms with Gasteiger partial charge in [0.1, 0.15) is 18.1 Å². The van der Waals surface area contributed by atoms with Crippen molar-refractivity contribution in [1.29, 1.82) is 0 Å². The lowest BCUT2D eigenvalue weighted by molar-refractivity contribution is 0.262. The summed E-state index contributed by atoms with van der Waals surface area (Å²) in [5.74, 6) is 2.73. The second kappa shape index (κ2) is 8.61. The van der Waals surface area contributed by atoms with Gasteiger partial charge in [-0.25, -0.2) is 4.99 Å². The van der Waals surface area contributed by atoms with Gasteiger partial charge in [0.15, 0.2) is 5.96 Å². The monoisotopic (exact) mass is 353 g/mol. The molecule has 1 heterocycles. The van der Waals surface area contributed by atoms with Gasteiger partial charge >= 0.3 is 0 Å². The van der Waals surface area contributed by atoms with Crippen LogP contribution in [-0.2, 0) is 0 Å². The number of nitrogens with one attached hydrogen (secondary N) is 1. The summed E-state index contributed by atoms with van der Waals surface area (Å²) in [6.07, 6.45) is 0.867. The van der Waals surface area contributed by atoms with Crippen molar-refractivity contribution in [3.8, 4) is 11.5 Å². The van der Waals surface area contributed by atoms with E-state index in [9.17, 15) is 0 Å². The maximum Gasteiger partial charge on any atom is 0.189 e. The lowest BCUT2D eigenvalue weighted by Gasteiger charge is -2.26. The zero-order chi connectivity index (χ0) is 18.4. The van der Waals surface area contributed by atoms with Gasteiger partial charge in [-0.3, -0.25) is 0 Å². The summed E-state index contributed by atoms with van der Waals surface area (Å²) in [6.45, 7) is 6.04. The van der Waals surface area contributed by atoms with Crippen molar-refractivity contribution in [2.24, 2.45) is 10.7 Å². The number of benzene rings is 2. The predicted octanol–water partition coefficient (Wildman–Crippen LogP) is 3.62. The molecule has 3 N–H and O–H groups in total. The summed E-state index contributed by atoms with van der Waals surface area (Å²) < 4.78 is 11.4. The molecule has 5 nitrogen and oxygen atoms in total. The molecule has 0 saturated carbocycles. The minimum absolute atomic E-state index is 0.133. The van der Waals surface area contributed by atoms with Crippen LogP contribution in [0, 0.1) is 0 Å². The average molecular weight is 353 g/mol. The van der Waals surface area contributed by atoms with Crippen molar-refractivity contribution in [2.45, 2.75) is 32.2 Å². The Hall–Kier alpha value is -2.69. The third-order valence-electron chi connectivity index (χ3n) is 4.47. The van der Waals surface area contributed by atoms with Crippen LogP contribution in [0.25, 0.3) is 0 Å². The van der Waals surface area contributed by atoms with Gasteiger partial charge in [-0.05, 0) is 29.7 Å². The minimum Gasteiger partial charge on any atom is -0.493 e. The smallest absolute Gasteiger partial charge is 0.189 e. The maximum atomic E-state index is 6.04. The lowest BCUT2D eigenvalue weighted by atomic mass is 10.0. The first kappa shape index (κ1) is 18.1. The Bertz CT molecular complexity index is 741. The van der Waals surface area contributed by atoms with E-state index in [0.29, 0.717) is 31.6 Å². The third kappa shape index (κ3) is 4.69. The summed E-state index contributed by atoms with van der Waals surface area (Å²) >= 11 is 0. The molecular formula is C21H27N3O2. The van der Waals surface area contributed by atoms with E-state index < -0.39 is 0 Å². The number of aliphatic imine (C=N–C) groups is 1. The zero-order valence-corrected chi connectivity index (χ0v) is 15.4. The van der Waals surface area contributed by atoms with Crippen LogP contribution in [0.4, 0.5) is 0 Å². The molecule has 2 aromatic rings. The molecule has 0 saturated heterocycles. The Morgan fingerprint density at radius 2 is 2.00 bits per heavy atom. The van der Waals surface area contributed by atoms with E-state index >= 15 is 0 Å². The van der Waals surface area contributed by atoms with Crippen LogP contribution in [0.1, 0.15) is 43.4 Å². The molecule has 0 spiro atoms. The second-order valence-corrected chi connectivity index (χ2v) is 6.71. The van der Waals surface area contributed by atoms with Crippen LogP contribution >= 0.6 is 0 Å². The van der Waals surface area contributed by atoms with Crippen molar-refractivity contribution < 1.29 is 9.47 Å². The Labute approximate surface area is 155 Å². The van der Waals surface area contributed by atoms with Gasteiger partial charge in [0.05, 0.1) is 19.2 Å². The summed E-state index contributed by atoms with van der Waals surface area (Å²) in [5.41, 5.74) is 8.47. The number of fused-ring (bicyclic) bond motifs is 1. The molecule has 1 aliphatic rings. The Kier molecular flexibility index (Phi) is 6.00. The topological polar surface area (TPSA) is 68.9 Å². The molecule has 0 fully saturated rings. The van der Waals surface area contributed by atoms with Crippen LogP contribution in [0.5, 0.6) is 11.5 Å².